The summed E-state index contributed by atoms with van der Waals surface area (Å²) in [6.45, 7) is 0.146. The second kappa shape index (κ2) is 11.7. The van der Waals surface area contributed by atoms with Gasteiger partial charge < -0.3 is 19.9 Å². The molecular weight excluding hydrogens is 525 g/mol. The molecule has 1 aliphatic rings. The Kier molecular flexibility index (Phi) is 7.88. The molecule has 10 heteroatoms. The number of carbonyl (C=O) groups is 2. The lowest BCUT2D eigenvalue weighted by molar-refractivity contribution is -0.136. The number of rotatable bonds is 9. The minimum absolute atomic E-state index is 0.121. The number of ketones is 1. The zero-order valence-corrected chi connectivity index (χ0v) is 21.6. The van der Waals surface area contributed by atoms with Crippen LogP contribution in [0, 0.1) is 5.82 Å². The predicted octanol–water partition coefficient (Wildman–Crippen LogP) is 6.26. The highest BCUT2D eigenvalue weighted by molar-refractivity contribution is 6.32. The van der Waals surface area contributed by atoms with E-state index in [9.17, 15) is 19.1 Å². The quantitative estimate of drug-likeness (QED) is 0.251. The van der Waals surface area contributed by atoms with Gasteiger partial charge in [-0.1, -0.05) is 29.8 Å². The van der Waals surface area contributed by atoms with Crippen molar-refractivity contribution in [2.75, 3.05) is 5.32 Å². The lowest BCUT2D eigenvalue weighted by atomic mass is 9.96. The van der Waals surface area contributed by atoms with Crippen molar-refractivity contribution in [3.63, 3.8) is 0 Å². The molecule has 8 nitrogen and oxygen atoms in total. The van der Waals surface area contributed by atoms with Gasteiger partial charge >= 0.3 is 5.97 Å². The van der Waals surface area contributed by atoms with Crippen LogP contribution >= 0.6 is 11.6 Å². The van der Waals surface area contributed by atoms with E-state index in [4.69, 9.17) is 21.1 Å². The van der Waals surface area contributed by atoms with Gasteiger partial charge in [0, 0.05) is 18.5 Å². The molecule has 0 amide bonds. The summed E-state index contributed by atoms with van der Waals surface area (Å²) in [6, 6.07) is 16.6. The van der Waals surface area contributed by atoms with Gasteiger partial charge in [0.05, 0.1) is 22.0 Å². The molecule has 39 heavy (non-hydrogen) atoms. The van der Waals surface area contributed by atoms with E-state index >= 15 is 0 Å². The number of aromatic nitrogens is 2. The van der Waals surface area contributed by atoms with Crippen molar-refractivity contribution in [1.82, 2.24) is 9.97 Å². The van der Waals surface area contributed by atoms with E-state index in [2.05, 4.69) is 15.3 Å². The van der Waals surface area contributed by atoms with Gasteiger partial charge in [0.15, 0.2) is 0 Å². The van der Waals surface area contributed by atoms with Crippen LogP contribution in [0.3, 0.4) is 0 Å². The molecule has 0 spiro atoms. The highest BCUT2D eigenvalue weighted by Crippen LogP contribution is 2.36. The summed E-state index contributed by atoms with van der Waals surface area (Å²) < 4.78 is 25.5. The number of nitrogens with zero attached hydrogens (tertiary/aromatic N) is 2. The highest BCUT2D eigenvalue weighted by atomic mass is 35.5. The summed E-state index contributed by atoms with van der Waals surface area (Å²) in [5.74, 6) is 0.293. The molecule has 200 valence electrons. The van der Waals surface area contributed by atoms with Gasteiger partial charge in [0.25, 0.3) is 0 Å². The Hall–Kier alpha value is -4.24. The fourth-order valence-corrected chi connectivity index (χ4v) is 4.67. The Morgan fingerprint density at radius 3 is 2.59 bits per heavy atom. The number of Topliss-reactive ketones (excluding diaryl/α,β-unsaturated/α-hetero) is 1. The van der Waals surface area contributed by atoms with Crippen molar-refractivity contribution in [3.05, 3.63) is 82.9 Å². The van der Waals surface area contributed by atoms with Crippen LogP contribution in [-0.2, 0) is 22.6 Å². The largest absolute Gasteiger partial charge is 0.490 e. The molecule has 4 aromatic rings. The molecule has 0 atom stereocenters. The minimum Gasteiger partial charge on any atom is -0.490 e. The number of carboxylic acids is 1. The van der Waals surface area contributed by atoms with Crippen molar-refractivity contribution in [2.45, 2.75) is 44.8 Å². The lowest BCUT2D eigenvalue weighted by Gasteiger charge is -2.23. The fourth-order valence-electron chi connectivity index (χ4n) is 4.43. The molecule has 1 saturated carbocycles. The maximum atomic E-state index is 13.5. The van der Waals surface area contributed by atoms with E-state index in [0.717, 1.165) is 0 Å². The Bertz CT molecular complexity index is 1540. The van der Waals surface area contributed by atoms with E-state index in [1.54, 1.807) is 48.5 Å². The van der Waals surface area contributed by atoms with Crippen LogP contribution in [-0.4, -0.2) is 32.9 Å². The monoisotopic (exact) mass is 549 g/mol. The van der Waals surface area contributed by atoms with Crippen LogP contribution < -0.4 is 14.8 Å². The Morgan fingerprint density at radius 1 is 1.05 bits per heavy atom. The molecule has 1 aromatic heterocycles. The van der Waals surface area contributed by atoms with Gasteiger partial charge in [-0.3, -0.25) is 9.59 Å². The summed E-state index contributed by atoms with van der Waals surface area (Å²) >= 11 is 6.48. The summed E-state index contributed by atoms with van der Waals surface area (Å²) in [5.41, 5.74) is 1.77. The summed E-state index contributed by atoms with van der Waals surface area (Å²) in [5, 5.41) is 13.5. The number of aliphatic carboxylic acids is 1. The number of ether oxygens (including phenoxy) is 2. The number of nitrogens with one attached hydrogen (secondary N) is 1. The average Bonchev–Trinajstić information content (AvgIpc) is 2.89. The number of benzene rings is 3. The summed E-state index contributed by atoms with van der Waals surface area (Å²) in [6.07, 6.45) is 1.74. The highest BCUT2D eigenvalue weighted by Gasteiger charge is 2.22. The van der Waals surface area contributed by atoms with Crippen molar-refractivity contribution in [1.29, 1.82) is 0 Å². The molecule has 1 aliphatic carbocycles. The van der Waals surface area contributed by atoms with Crippen molar-refractivity contribution >= 4 is 45.8 Å². The Morgan fingerprint density at radius 2 is 1.85 bits per heavy atom. The fraction of sp³-hybridized carbons (Fsp3) is 0.241. The first-order chi connectivity index (χ1) is 18.8. The molecule has 1 fully saturated rings. The standard InChI is InChI=1S/C29H25ClFN3O5/c30-22-14-19(7-12-24(22)38-16-17-3-1-4-18(31)13-17)32-29-28-23(33-26(34-29)15-27(36)37)5-2-6-25(28)39-21-10-8-20(35)9-11-21/h1-7,12-14,21H,8-11,15-16H2,(H,36,37)(H,32,33,34). The van der Waals surface area contributed by atoms with Gasteiger partial charge in [-0.15, -0.1) is 0 Å². The predicted molar refractivity (Wildman–Crippen MR) is 144 cm³/mol. The number of carbonyl (C=O) groups excluding carboxylic acids is 1. The number of hydrogen-bond acceptors (Lipinski definition) is 7. The number of halogens is 2. The van der Waals surface area contributed by atoms with Gasteiger partial charge in [-0.25, -0.2) is 14.4 Å². The van der Waals surface area contributed by atoms with Crippen LogP contribution in [0.25, 0.3) is 10.9 Å². The first-order valence-corrected chi connectivity index (χ1v) is 12.9. The lowest BCUT2D eigenvalue weighted by Crippen LogP contribution is -2.24. The SMILES string of the molecule is O=C(O)Cc1nc(Nc2ccc(OCc3cccc(F)c3)c(Cl)c2)c2c(OC3CCC(=O)CC3)cccc2n1. The van der Waals surface area contributed by atoms with Gasteiger partial charge in [0.2, 0.25) is 0 Å². The van der Waals surface area contributed by atoms with E-state index in [1.807, 2.05) is 0 Å². The summed E-state index contributed by atoms with van der Waals surface area (Å²) in [4.78, 5) is 32.0. The normalized spacial score (nSPS) is 13.8. The molecule has 0 saturated heterocycles. The van der Waals surface area contributed by atoms with Crippen LogP contribution in [0.15, 0.2) is 60.7 Å². The number of anilines is 2. The zero-order valence-electron chi connectivity index (χ0n) is 20.8. The van der Waals surface area contributed by atoms with E-state index in [-0.39, 0.29) is 36.6 Å². The number of fused-ring (bicyclic) bond motifs is 1. The molecular formula is C29H25ClFN3O5. The van der Waals surface area contributed by atoms with Crippen LogP contribution in [0.4, 0.5) is 15.9 Å². The first-order valence-electron chi connectivity index (χ1n) is 12.5. The summed E-state index contributed by atoms with van der Waals surface area (Å²) in [7, 11) is 0. The molecule has 3 aromatic carbocycles. The van der Waals surface area contributed by atoms with E-state index in [0.29, 0.717) is 70.2 Å². The molecule has 1 heterocycles. The third kappa shape index (κ3) is 6.61. The third-order valence-corrected chi connectivity index (χ3v) is 6.60. The van der Waals surface area contributed by atoms with Crippen molar-refractivity contribution < 1.29 is 28.6 Å². The number of carboxylic acid groups (broad SMARTS) is 1. The van der Waals surface area contributed by atoms with E-state index < -0.39 is 5.97 Å². The minimum atomic E-state index is -1.05. The maximum Gasteiger partial charge on any atom is 0.311 e. The second-order valence-corrected chi connectivity index (χ2v) is 9.66. The van der Waals surface area contributed by atoms with Crippen molar-refractivity contribution in [2.24, 2.45) is 0 Å². The number of hydrogen-bond donors (Lipinski definition) is 2. The molecule has 2 N–H and O–H groups in total. The molecule has 5 rings (SSSR count). The molecule has 0 bridgehead atoms. The maximum absolute atomic E-state index is 13.5. The zero-order chi connectivity index (χ0) is 27.4. The topological polar surface area (TPSA) is 111 Å². The molecule has 0 unspecified atom stereocenters. The van der Waals surface area contributed by atoms with Gasteiger partial charge in [-0.2, -0.15) is 0 Å². The smallest absolute Gasteiger partial charge is 0.311 e. The third-order valence-electron chi connectivity index (χ3n) is 6.30. The van der Waals surface area contributed by atoms with Crippen LogP contribution in [0.1, 0.15) is 37.1 Å². The second-order valence-electron chi connectivity index (χ2n) is 9.25. The van der Waals surface area contributed by atoms with Crippen LogP contribution in [0.5, 0.6) is 11.5 Å². The Balaban J connectivity index is 1.43. The molecule has 0 aliphatic heterocycles. The molecule has 0 radical (unpaired) electrons. The Labute approximate surface area is 228 Å². The van der Waals surface area contributed by atoms with Crippen LogP contribution in [0.2, 0.25) is 5.02 Å². The van der Waals surface area contributed by atoms with Crippen molar-refractivity contribution in [3.8, 4) is 11.5 Å². The average molecular weight is 550 g/mol. The van der Waals surface area contributed by atoms with Gasteiger partial charge in [-0.05, 0) is 60.9 Å². The first kappa shape index (κ1) is 26.4. The van der Waals surface area contributed by atoms with Gasteiger partial charge in [0.1, 0.15) is 47.8 Å². The van der Waals surface area contributed by atoms with E-state index in [1.165, 1.54) is 12.1 Å².